The molecule has 0 spiro atoms. The Morgan fingerprint density at radius 2 is 2.44 bits per heavy atom. The van der Waals surface area contributed by atoms with E-state index in [1.54, 1.807) is 0 Å². The SMILES string of the molecule is C[C@H](O)C(=O)OCCBr. The van der Waals surface area contributed by atoms with Gasteiger partial charge in [0.15, 0.2) is 0 Å². The first kappa shape index (κ1) is 8.91. The lowest BCUT2D eigenvalue weighted by atomic mass is 10.4. The van der Waals surface area contributed by atoms with Gasteiger partial charge in [-0.2, -0.15) is 0 Å². The summed E-state index contributed by atoms with van der Waals surface area (Å²) in [4.78, 5) is 10.4. The average molecular weight is 197 g/mol. The van der Waals surface area contributed by atoms with E-state index in [9.17, 15) is 4.79 Å². The number of esters is 1. The molecule has 0 aliphatic rings. The van der Waals surface area contributed by atoms with Gasteiger partial charge in [0.25, 0.3) is 0 Å². The van der Waals surface area contributed by atoms with Crippen LogP contribution in [0.1, 0.15) is 6.92 Å². The van der Waals surface area contributed by atoms with Crippen molar-refractivity contribution in [2.45, 2.75) is 13.0 Å². The lowest BCUT2D eigenvalue weighted by Crippen LogP contribution is -2.19. The third kappa shape index (κ3) is 4.42. The zero-order valence-corrected chi connectivity index (χ0v) is 6.72. The third-order valence-corrected chi connectivity index (χ3v) is 0.986. The Morgan fingerprint density at radius 3 is 2.78 bits per heavy atom. The minimum Gasteiger partial charge on any atom is -0.463 e. The van der Waals surface area contributed by atoms with Gasteiger partial charge in [0.2, 0.25) is 0 Å². The largest absolute Gasteiger partial charge is 0.463 e. The van der Waals surface area contributed by atoms with Crippen molar-refractivity contribution in [2.75, 3.05) is 11.9 Å². The normalized spacial score (nSPS) is 12.8. The van der Waals surface area contributed by atoms with Crippen molar-refractivity contribution in [1.29, 1.82) is 0 Å². The highest BCUT2D eigenvalue weighted by molar-refractivity contribution is 9.09. The van der Waals surface area contributed by atoms with E-state index in [-0.39, 0.29) is 0 Å². The molecule has 0 rings (SSSR count). The number of ether oxygens (including phenoxy) is 1. The van der Waals surface area contributed by atoms with E-state index in [4.69, 9.17) is 5.11 Å². The second-order valence-corrected chi connectivity index (χ2v) is 2.33. The van der Waals surface area contributed by atoms with Crippen molar-refractivity contribution < 1.29 is 14.6 Å². The van der Waals surface area contributed by atoms with Gasteiger partial charge in [-0.05, 0) is 6.92 Å². The van der Waals surface area contributed by atoms with Crippen LogP contribution in [0.5, 0.6) is 0 Å². The molecule has 0 fully saturated rings. The molecule has 0 aromatic carbocycles. The summed E-state index contributed by atoms with van der Waals surface area (Å²) in [6.45, 7) is 1.68. The molecule has 0 unspecified atom stereocenters. The molecular weight excluding hydrogens is 188 g/mol. The molecular formula is C5H9BrO3. The molecule has 0 radical (unpaired) electrons. The van der Waals surface area contributed by atoms with Gasteiger partial charge in [-0.15, -0.1) is 0 Å². The summed E-state index contributed by atoms with van der Waals surface area (Å²) >= 11 is 3.07. The summed E-state index contributed by atoms with van der Waals surface area (Å²) in [5.74, 6) is -0.575. The van der Waals surface area contributed by atoms with Crippen molar-refractivity contribution >= 4 is 21.9 Å². The lowest BCUT2D eigenvalue weighted by molar-refractivity contribution is -0.151. The Balaban J connectivity index is 3.28. The van der Waals surface area contributed by atoms with Crippen LogP contribution >= 0.6 is 15.9 Å². The highest BCUT2D eigenvalue weighted by atomic mass is 79.9. The van der Waals surface area contributed by atoms with E-state index >= 15 is 0 Å². The van der Waals surface area contributed by atoms with Crippen LogP contribution in [-0.2, 0) is 9.53 Å². The van der Waals surface area contributed by atoms with Crippen LogP contribution in [0.25, 0.3) is 0 Å². The molecule has 0 aliphatic heterocycles. The van der Waals surface area contributed by atoms with Gasteiger partial charge < -0.3 is 9.84 Å². The average Bonchev–Trinajstić information content (AvgIpc) is 1.82. The summed E-state index contributed by atoms with van der Waals surface area (Å²) in [6.07, 6.45) is -1.01. The fraction of sp³-hybridized carbons (Fsp3) is 0.800. The van der Waals surface area contributed by atoms with Gasteiger partial charge in [-0.25, -0.2) is 4.79 Å². The van der Waals surface area contributed by atoms with Gasteiger partial charge >= 0.3 is 5.97 Å². The summed E-state index contributed by atoms with van der Waals surface area (Å²) in [5.41, 5.74) is 0. The van der Waals surface area contributed by atoms with Gasteiger partial charge in [-0.1, -0.05) is 15.9 Å². The number of alkyl halides is 1. The predicted octanol–water partition coefficient (Wildman–Crippen LogP) is 0.305. The van der Waals surface area contributed by atoms with Crippen LogP contribution in [0, 0.1) is 0 Å². The highest BCUT2D eigenvalue weighted by Crippen LogP contribution is 1.87. The standard InChI is InChI=1S/C5H9BrO3/c1-4(7)5(8)9-3-2-6/h4,7H,2-3H2,1H3/t4-/m0/s1. The number of rotatable bonds is 3. The fourth-order valence-corrected chi connectivity index (χ4v) is 0.422. The van der Waals surface area contributed by atoms with E-state index in [1.807, 2.05) is 0 Å². The Morgan fingerprint density at radius 1 is 1.89 bits per heavy atom. The molecule has 9 heavy (non-hydrogen) atoms. The minimum absolute atomic E-state index is 0.309. The number of hydrogen-bond donors (Lipinski definition) is 1. The molecule has 0 aromatic heterocycles. The Kier molecular flexibility index (Phi) is 4.71. The Hall–Kier alpha value is -0.0900. The van der Waals surface area contributed by atoms with Gasteiger partial charge in [0.05, 0.1) is 0 Å². The van der Waals surface area contributed by atoms with E-state index in [0.29, 0.717) is 11.9 Å². The highest BCUT2D eigenvalue weighted by Gasteiger charge is 2.08. The number of carbonyl (C=O) groups excluding carboxylic acids is 1. The topological polar surface area (TPSA) is 46.5 Å². The molecule has 0 saturated heterocycles. The summed E-state index contributed by atoms with van der Waals surface area (Å²) < 4.78 is 4.52. The Bertz CT molecular complexity index is 92.2. The molecule has 1 atom stereocenters. The van der Waals surface area contributed by atoms with Crippen molar-refractivity contribution in [2.24, 2.45) is 0 Å². The number of aliphatic hydroxyl groups excluding tert-OH is 1. The molecule has 0 aliphatic carbocycles. The number of hydrogen-bond acceptors (Lipinski definition) is 3. The van der Waals surface area contributed by atoms with Gasteiger partial charge in [0, 0.05) is 5.33 Å². The van der Waals surface area contributed by atoms with Crippen LogP contribution < -0.4 is 0 Å². The maximum absolute atomic E-state index is 10.4. The van der Waals surface area contributed by atoms with E-state index < -0.39 is 12.1 Å². The van der Waals surface area contributed by atoms with Crippen LogP contribution in [0.3, 0.4) is 0 Å². The maximum Gasteiger partial charge on any atom is 0.334 e. The molecule has 4 heteroatoms. The number of aliphatic hydroxyl groups is 1. The van der Waals surface area contributed by atoms with Crippen LogP contribution in [-0.4, -0.2) is 29.1 Å². The monoisotopic (exact) mass is 196 g/mol. The van der Waals surface area contributed by atoms with Gasteiger partial charge in [0.1, 0.15) is 12.7 Å². The summed E-state index contributed by atoms with van der Waals surface area (Å²) in [6, 6.07) is 0. The second-order valence-electron chi connectivity index (χ2n) is 1.53. The number of carbonyl (C=O) groups is 1. The second kappa shape index (κ2) is 4.76. The van der Waals surface area contributed by atoms with Gasteiger partial charge in [-0.3, -0.25) is 0 Å². The predicted molar refractivity (Wildman–Crippen MR) is 36.4 cm³/mol. The molecule has 0 aromatic rings. The van der Waals surface area contributed by atoms with E-state index in [2.05, 4.69) is 20.7 Å². The van der Waals surface area contributed by atoms with Crippen LogP contribution in [0.4, 0.5) is 0 Å². The third-order valence-electron chi connectivity index (χ3n) is 0.663. The summed E-state index contributed by atoms with van der Waals surface area (Å²) in [5, 5.41) is 9.16. The zero-order valence-electron chi connectivity index (χ0n) is 5.13. The summed E-state index contributed by atoms with van der Waals surface area (Å²) in [7, 11) is 0. The van der Waals surface area contributed by atoms with E-state index in [1.165, 1.54) is 6.92 Å². The van der Waals surface area contributed by atoms with Crippen LogP contribution in [0.15, 0.2) is 0 Å². The number of halogens is 1. The van der Waals surface area contributed by atoms with Crippen molar-refractivity contribution in [3.05, 3.63) is 0 Å². The molecule has 0 bridgehead atoms. The van der Waals surface area contributed by atoms with Crippen LogP contribution in [0.2, 0.25) is 0 Å². The molecule has 0 heterocycles. The van der Waals surface area contributed by atoms with Crippen molar-refractivity contribution in [3.8, 4) is 0 Å². The van der Waals surface area contributed by atoms with Crippen molar-refractivity contribution in [3.63, 3.8) is 0 Å². The first-order valence-electron chi connectivity index (χ1n) is 2.59. The zero-order chi connectivity index (χ0) is 7.28. The molecule has 54 valence electrons. The first-order valence-corrected chi connectivity index (χ1v) is 3.71. The first-order chi connectivity index (χ1) is 4.18. The maximum atomic E-state index is 10.4. The molecule has 0 saturated carbocycles. The lowest BCUT2D eigenvalue weighted by Gasteiger charge is -2.02. The van der Waals surface area contributed by atoms with E-state index in [0.717, 1.165) is 0 Å². The molecule has 1 N–H and O–H groups in total. The smallest absolute Gasteiger partial charge is 0.334 e. The molecule has 3 nitrogen and oxygen atoms in total. The van der Waals surface area contributed by atoms with Crippen molar-refractivity contribution in [1.82, 2.24) is 0 Å². The minimum atomic E-state index is -1.01. The molecule has 0 amide bonds. The fourth-order valence-electron chi connectivity index (χ4n) is 0.260. The quantitative estimate of drug-likeness (QED) is 0.523. The Labute approximate surface area is 62.1 Å².